The summed E-state index contributed by atoms with van der Waals surface area (Å²) < 4.78 is 5.77. The molecule has 1 aliphatic heterocycles. The van der Waals surface area contributed by atoms with Crippen LogP contribution < -0.4 is 10.1 Å². The minimum absolute atomic E-state index is 0.335. The lowest BCUT2D eigenvalue weighted by Crippen LogP contribution is -2.46. The molecule has 1 aromatic heterocycles. The average Bonchev–Trinajstić information content (AvgIpc) is 3.14. The maximum atomic E-state index is 8.91. The van der Waals surface area contributed by atoms with Crippen molar-refractivity contribution in [3.05, 3.63) is 24.0 Å². The zero-order chi connectivity index (χ0) is 13.8. The van der Waals surface area contributed by atoms with Crippen LogP contribution in [0.25, 0.3) is 0 Å². The van der Waals surface area contributed by atoms with E-state index in [1.54, 1.807) is 6.20 Å². The second-order valence-corrected chi connectivity index (χ2v) is 6.09. The summed E-state index contributed by atoms with van der Waals surface area (Å²) in [6, 6.07) is 2.64. The quantitative estimate of drug-likeness (QED) is 0.760. The van der Waals surface area contributed by atoms with Crippen molar-refractivity contribution >= 4 is 0 Å². The molecule has 1 aromatic rings. The molecule has 1 saturated carbocycles. The molecule has 1 saturated heterocycles. The summed E-state index contributed by atoms with van der Waals surface area (Å²) in [5, 5.41) is 12.2. The molecule has 2 N–H and O–H groups in total. The van der Waals surface area contributed by atoms with Crippen LogP contribution >= 0.6 is 0 Å². The summed E-state index contributed by atoms with van der Waals surface area (Å²) in [6.07, 6.45) is 9.49. The van der Waals surface area contributed by atoms with Crippen LogP contribution in [0, 0.1) is 11.8 Å². The minimum Gasteiger partial charge on any atom is -0.490 e. The Morgan fingerprint density at radius 3 is 2.90 bits per heavy atom. The summed E-state index contributed by atoms with van der Waals surface area (Å²) in [6.45, 7) is 2.19. The molecule has 0 bridgehead atoms. The van der Waals surface area contributed by atoms with Crippen molar-refractivity contribution in [3.8, 4) is 5.75 Å². The highest BCUT2D eigenvalue weighted by Gasteiger charge is 2.35. The normalized spacial score (nSPS) is 27.9. The van der Waals surface area contributed by atoms with Gasteiger partial charge < -0.3 is 15.2 Å². The maximum absolute atomic E-state index is 8.91. The summed E-state index contributed by atoms with van der Waals surface area (Å²) >= 11 is 0. The lowest BCUT2D eigenvalue weighted by Gasteiger charge is -2.27. The number of aryl methyl sites for hydroxylation is 1. The van der Waals surface area contributed by atoms with E-state index in [-0.39, 0.29) is 0 Å². The van der Waals surface area contributed by atoms with Gasteiger partial charge >= 0.3 is 0 Å². The summed E-state index contributed by atoms with van der Waals surface area (Å²) in [4.78, 5) is 4.27. The Morgan fingerprint density at radius 2 is 2.15 bits per heavy atom. The van der Waals surface area contributed by atoms with Crippen molar-refractivity contribution < 1.29 is 9.84 Å². The third kappa shape index (κ3) is 3.70. The van der Waals surface area contributed by atoms with Crippen LogP contribution in [0.2, 0.25) is 0 Å². The van der Waals surface area contributed by atoms with E-state index in [0.29, 0.717) is 12.6 Å². The van der Waals surface area contributed by atoms with Gasteiger partial charge in [0.05, 0.1) is 6.20 Å². The third-order valence-electron chi connectivity index (χ3n) is 4.52. The second kappa shape index (κ2) is 6.55. The smallest absolute Gasteiger partial charge is 0.137 e. The zero-order valence-corrected chi connectivity index (χ0v) is 11.9. The lowest BCUT2D eigenvalue weighted by molar-refractivity contribution is 0.217. The number of rotatable bonds is 8. The molecule has 0 spiro atoms. The zero-order valence-electron chi connectivity index (χ0n) is 11.9. The molecular weight excluding hydrogens is 252 g/mol. The molecule has 1 unspecified atom stereocenters. The van der Waals surface area contributed by atoms with Gasteiger partial charge in [-0.05, 0) is 62.1 Å². The molecule has 2 aliphatic rings. The first-order valence-electron chi connectivity index (χ1n) is 7.76. The van der Waals surface area contributed by atoms with E-state index < -0.39 is 0 Å². The highest BCUT2D eigenvalue weighted by Crippen LogP contribution is 2.44. The van der Waals surface area contributed by atoms with Crippen LogP contribution in [-0.4, -0.2) is 35.9 Å². The van der Waals surface area contributed by atoms with Gasteiger partial charge in [-0.2, -0.15) is 0 Å². The lowest BCUT2D eigenvalue weighted by atomic mass is 10.1. The standard InChI is InChI=1S/C16H24N2O2/c19-6-4-14-8-13(14)2-1-12-7-16(10-17-9-12)20-11-15-3-5-18-15/h7,9-10,13-15,18-19H,1-6,8,11H2/t13?,14-,15+/m1/s1. The summed E-state index contributed by atoms with van der Waals surface area (Å²) in [5.41, 5.74) is 1.26. The number of aliphatic hydroxyl groups excluding tert-OH is 1. The molecular formula is C16H24N2O2. The minimum atomic E-state index is 0.335. The van der Waals surface area contributed by atoms with Gasteiger partial charge in [0.15, 0.2) is 0 Å². The maximum Gasteiger partial charge on any atom is 0.137 e. The van der Waals surface area contributed by atoms with Gasteiger partial charge in [-0.3, -0.25) is 4.98 Å². The first kappa shape index (κ1) is 13.8. The fraction of sp³-hybridized carbons (Fsp3) is 0.688. The van der Waals surface area contributed by atoms with E-state index in [2.05, 4.69) is 16.4 Å². The molecule has 3 atom stereocenters. The molecule has 0 amide bonds. The van der Waals surface area contributed by atoms with Crippen molar-refractivity contribution in [2.24, 2.45) is 11.8 Å². The predicted molar refractivity (Wildman–Crippen MR) is 77.8 cm³/mol. The molecule has 0 aromatic carbocycles. The largest absolute Gasteiger partial charge is 0.490 e. The number of pyridine rings is 1. The van der Waals surface area contributed by atoms with Crippen molar-refractivity contribution in [3.63, 3.8) is 0 Å². The summed E-state index contributed by atoms with van der Waals surface area (Å²) in [5.74, 6) is 2.46. The Morgan fingerprint density at radius 1 is 1.30 bits per heavy atom. The van der Waals surface area contributed by atoms with Gasteiger partial charge in [-0.1, -0.05) is 0 Å². The monoisotopic (exact) mass is 276 g/mol. The van der Waals surface area contributed by atoms with Gasteiger partial charge in [0.25, 0.3) is 0 Å². The van der Waals surface area contributed by atoms with Gasteiger partial charge in [0.2, 0.25) is 0 Å². The molecule has 4 nitrogen and oxygen atoms in total. The van der Waals surface area contributed by atoms with Crippen molar-refractivity contribution in [2.45, 2.75) is 38.1 Å². The highest BCUT2D eigenvalue weighted by atomic mass is 16.5. The number of hydrogen-bond donors (Lipinski definition) is 2. The van der Waals surface area contributed by atoms with Crippen LogP contribution in [-0.2, 0) is 6.42 Å². The fourth-order valence-electron chi connectivity index (χ4n) is 2.90. The Balaban J connectivity index is 1.42. The van der Waals surface area contributed by atoms with Crippen LogP contribution in [0.4, 0.5) is 0 Å². The number of hydrogen-bond acceptors (Lipinski definition) is 4. The predicted octanol–water partition coefficient (Wildman–Crippen LogP) is 1.77. The molecule has 2 heterocycles. The van der Waals surface area contributed by atoms with E-state index in [4.69, 9.17) is 9.84 Å². The molecule has 4 heteroatoms. The molecule has 3 rings (SSSR count). The Bertz CT molecular complexity index is 434. The van der Waals surface area contributed by atoms with E-state index in [9.17, 15) is 0 Å². The van der Waals surface area contributed by atoms with Gasteiger partial charge in [-0.15, -0.1) is 0 Å². The van der Waals surface area contributed by atoms with E-state index >= 15 is 0 Å². The molecule has 20 heavy (non-hydrogen) atoms. The molecule has 110 valence electrons. The molecule has 2 fully saturated rings. The first-order chi connectivity index (χ1) is 9.85. The average molecular weight is 276 g/mol. The fourth-order valence-corrected chi connectivity index (χ4v) is 2.90. The number of nitrogens with zero attached hydrogens (tertiary/aromatic N) is 1. The first-order valence-corrected chi connectivity index (χ1v) is 7.76. The van der Waals surface area contributed by atoms with E-state index in [1.807, 2.05) is 6.20 Å². The van der Waals surface area contributed by atoms with Crippen molar-refractivity contribution in [2.75, 3.05) is 19.8 Å². The van der Waals surface area contributed by atoms with Gasteiger partial charge in [0.1, 0.15) is 12.4 Å². The van der Waals surface area contributed by atoms with Crippen LogP contribution in [0.1, 0.15) is 31.2 Å². The molecule has 1 aliphatic carbocycles. The third-order valence-corrected chi connectivity index (χ3v) is 4.52. The SMILES string of the molecule is OCC[C@@H]1CC1CCc1cncc(OC[C@@H]2CCN2)c1. The van der Waals surface area contributed by atoms with Gasteiger partial charge in [0, 0.05) is 18.8 Å². The van der Waals surface area contributed by atoms with Crippen LogP contribution in [0.3, 0.4) is 0 Å². The van der Waals surface area contributed by atoms with Crippen molar-refractivity contribution in [1.82, 2.24) is 10.3 Å². The number of ether oxygens (including phenoxy) is 1. The number of aliphatic hydroxyl groups is 1. The number of nitrogens with one attached hydrogen (secondary N) is 1. The Labute approximate surface area is 120 Å². The van der Waals surface area contributed by atoms with E-state index in [0.717, 1.165) is 43.6 Å². The highest BCUT2D eigenvalue weighted by molar-refractivity contribution is 5.24. The summed E-state index contributed by atoms with van der Waals surface area (Å²) in [7, 11) is 0. The van der Waals surface area contributed by atoms with E-state index in [1.165, 1.54) is 24.8 Å². The molecule has 0 radical (unpaired) electrons. The Hall–Kier alpha value is -1.13. The van der Waals surface area contributed by atoms with Crippen LogP contribution in [0.5, 0.6) is 5.75 Å². The topological polar surface area (TPSA) is 54.4 Å². The Kier molecular flexibility index (Phi) is 4.53. The van der Waals surface area contributed by atoms with Gasteiger partial charge in [-0.25, -0.2) is 0 Å². The van der Waals surface area contributed by atoms with Crippen LogP contribution in [0.15, 0.2) is 18.5 Å². The number of aromatic nitrogens is 1. The van der Waals surface area contributed by atoms with Crippen molar-refractivity contribution in [1.29, 1.82) is 0 Å². The second-order valence-electron chi connectivity index (χ2n) is 6.09.